The van der Waals surface area contributed by atoms with Crippen molar-refractivity contribution < 1.29 is 9.53 Å². The number of nitrogens with one attached hydrogen (secondary N) is 1. The number of halogens is 1. The minimum absolute atomic E-state index is 0.156. The lowest BCUT2D eigenvalue weighted by Gasteiger charge is -2.28. The van der Waals surface area contributed by atoms with Gasteiger partial charge in [-0.25, -0.2) is 4.98 Å². The maximum absolute atomic E-state index is 13.3. The summed E-state index contributed by atoms with van der Waals surface area (Å²) in [6.45, 7) is 6.26. The number of rotatable bonds is 4. The largest absolute Gasteiger partial charge is 0.498 e. The molecule has 0 aromatic carbocycles. The van der Waals surface area contributed by atoms with E-state index in [2.05, 4.69) is 70.0 Å². The molecular formula is C21H21IN4O2S. The molecule has 4 rings (SSSR count). The van der Waals surface area contributed by atoms with E-state index in [4.69, 9.17) is 4.74 Å². The van der Waals surface area contributed by atoms with Crippen molar-refractivity contribution in [2.75, 3.05) is 12.0 Å². The molecule has 0 fully saturated rings. The highest BCUT2D eigenvalue weighted by atomic mass is 127. The van der Waals surface area contributed by atoms with Gasteiger partial charge < -0.3 is 4.74 Å². The summed E-state index contributed by atoms with van der Waals surface area (Å²) in [5, 5.41) is 11.5. The van der Waals surface area contributed by atoms with Gasteiger partial charge in [-0.15, -0.1) is 0 Å². The summed E-state index contributed by atoms with van der Waals surface area (Å²) >= 11 is 3.79. The van der Waals surface area contributed by atoms with Crippen LogP contribution in [-0.4, -0.2) is 28.2 Å². The minimum Gasteiger partial charge on any atom is -0.498 e. The number of pyridine rings is 1. The molecule has 1 atom stereocenters. The van der Waals surface area contributed by atoms with E-state index in [1.807, 2.05) is 21.6 Å². The van der Waals surface area contributed by atoms with E-state index < -0.39 is 6.04 Å². The van der Waals surface area contributed by atoms with Crippen LogP contribution in [0.1, 0.15) is 48.6 Å². The van der Waals surface area contributed by atoms with Crippen LogP contribution in [0.4, 0.5) is 5.82 Å². The molecule has 3 aromatic rings. The van der Waals surface area contributed by atoms with Crippen molar-refractivity contribution in [3.8, 4) is 11.1 Å². The molecule has 0 saturated heterocycles. The number of nitrogens with zero attached hydrogens (tertiary/aromatic N) is 3. The standard InChI is InChI=1S/C21H21IN4O2S/c1-21(2,3)19-16-17(24-25-19)20(27)26(18(16)14(9-22)28-4)15-6-5-12(10-23-15)13-7-8-29-11-13/h5-11,18H,1-4H3,(H,24,25)/b14-9-. The summed E-state index contributed by atoms with van der Waals surface area (Å²) in [6.07, 6.45) is 1.80. The first kappa shape index (κ1) is 20.1. The van der Waals surface area contributed by atoms with Crippen LogP contribution >= 0.6 is 33.9 Å². The number of hydrogen-bond acceptors (Lipinski definition) is 5. The molecule has 3 aromatic heterocycles. The Morgan fingerprint density at radius 2 is 2.10 bits per heavy atom. The SMILES string of the molecule is CO/C(=C\I)C1c2c(C(C)(C)C)n[nH]c2C(=O)N1c1ccc(-c2ccsc2)cn1. The number of H-pyrrole nitrogens is 1. The Balaban J connectivity index is 1.82. The van der Waals surface area contributed by atoms with Gasteiger partial charge in [0.15, 0.2) is 0 Å². The van der Waals surface area contributed by atoms with Gasteiger partial charge in [0.25, 0.3) is 5.91 Å². The molecule has 4 heterocycles. The summed E-state index contributed by atoms with van der Waals surface area (Å²) in [5.74, 6) is 1.10. The summed E-state index contributed by atoms with van der Waals surface area (Å²) in [6, 6.07) is 5.52. The van der Waals surface area contributed by atoms with Crippen molar-refractivity contribution in [3.05, 3.63) is 61.9 Å². The van der Waals surface area contributed by atoms with E-state index in [9.17, 15) is 4.79 Å². The van der Waals surface area contributed by atoms with E-state index in [0.29, 0.717) is 17.3 Å². The maximum Gasteiger partial charge on any atom is 0.278 e. The number of methoxy groups -OCH3 is 1. The highest BCUT2D eigenvalue weighted by Crippen LogP contribution is 2.45. The first-order valence-corrected chi connectivity index (χ1v) is 11.3. The second kappa shape index (κ2) is 7.56. The molecule has 1 amide bonds. The van der Waals surface area contributed by atoms with E-state index in [0.717, 1.165) is 22.4 Å². The number of aromatic nitrogens is 3. The molecule has 1 aliphatic heterocycles. The summed E-state index contributed by atoms with van der Waals surface area (Å²) in [7, 11) is 1.62. The van der Waals surface area contributed by atoms with Crippen molar-refractivity contribution in [1.82, 2.24) is 15.2 Å². The minimum atomic E-state index is -0.410. The zero-order valence-corrected chi connectivity index (χ0v) is 19.5. The number of hydrogen-bond donors (Lipinski definition) is 1. The molecule has 1 N–H and O–H groups in total. The molecular weight excluding hydrogens is 499 g/mol. The fourth-order valence-electron chi connectivity index (χ4n) is 3.57. The van der Waals surface area contributed by atoms with Crippen LogP contribution in [0.25, 0.3) is 11.1 Å². The molecule has 0 spiro atoms. The zero-order chi connectivity index (χ0) is 20.8. The van der Waals surface area contributed by atoms with Crippen molar-refractivity contribution in [1.29, 1.82) is 0 Å². The fourth-order valence-corrected chi connectivity index (χ4v) is 4.83. The lowest BCUT2D eigenvalue weighted by molar-refractivity contribution is 0.0982. The second-order valence-electron chi connectivity index (χ2n) is 7.82. The average molecular weight is 520 g/mol. The molecule has 29 heavy (non-hydrogen) atoms. The number of ether oxygens (including phenoxy) is 1. The Labute approximate surface area is 187 Å². The Bertz CT molecular complexity index is 1070. The molecule has 0 aliphatic carbocycles. The van der Waals surface area contributed by atoms with Gasteiger partial charge >= 0.3 is 0 Å². The monoisotopic (exact) mass is 520 g/mol. The van der Waals surface area contributed by atoms with Gasteiger partial charge in [0, 0.05) is 26.8 Å². The van der Waals surface area contributed by atoms with Gasteiger partial charge in [-0.2, -0.15) is 16.4 Å². The van der Waals surface area contributed by atoms with Gasteiger partial charge in [0.05, 0.1) is 12.8 Å². The lowest BCUT2D eigenvalue weighted by atomic mass is 9.87. The Kier molecular flexibility index (Phi) is 5.24. The summed E-state index contributed by atoms with van der Waals surface area (Å²) in [5.41, 5.74) is 4.13. The molecule has 1 unspecified atom stereocenters. The molecule has 8 heteroatoms. The Hall–Kier alpha value is -2.20. The third-order valence-corrected chi connectivity index (χ3v) is 6.24. The van der Waals surface area contributed by atoms with E-state index in [1.54, 1.807) is 29.5 Å². The Morgan fingerprint density at radius 3 is 2.66 bits per heavy atom. The van der Waals surface area contributed by atoms with E-state index in [1.165, 1.54) is 0 Å². The number of thiophene rings is 1. The van der Waals surface area contributed by atoms with Crippen LogP contribution in [0, 0.1) is 0 Å². The van der Waals surface area contributed by atoms with Crippen LogP contribution in [0.2, 0.25) is 0 Å². The molecule has 150 valence electrons. The predicted molar refractivity (Wildman–Crippen MR) is 124 cm³/mol. The molecule has 1 aliphatic rings. The van der Waals surface area contributed by atoms with Crippen LogP contribution in [0.15, 0.2) is 45.0 Å². The van der Waals surface area contributed by atoms with Crippen molar-refractivity contribution >= 4 is 45.7 Å². The Morgan fingerprint density at radius 1 is 1.31 bits per heavy atom. The van der Waals surface area contributed by atoms with Crippen LogP contribution < -0.4 is 4.90 Å². The number of carbonyl (C=O) groups excluding carboxylic acids is 1. The molecule has 0 radical (unpaired) electrons. The topological polar surface area (TPSA) is 71.1 Å². The van der Waals surface area contributed by atoms with Crippen LogP contribution in [0.5, 0.6) is 0 Å². The van der Waals surface area contributed by atoms with Crippen LogP contribution in [-0.2, 0) is 10.2 Å². The fraction of sp³-hybridized carbons (Fsp3) is 0.286. The molecule has 6 nitrogen and oxygen atoms in total. The van der Waals surface area contributed by atoms with Gasteiger partial charge in [-0.3, -0.25) is 14.8 Å². The zero-order valence-electron chi connectivity index (χ0n) is 16.6. The number of aromatic amines is 1. The summed E-state index contributed by atoms with van der Waals surface area (Å²) < 4.78 is 7.51. The normalized spacial score (nSPS) is 17.0. The van der Waals surface area contributed by atoms with Gasteiger partial charge in [0.2, 0.25) is 0 Å². The third kappa shape index (κ3) is 3.38. The van der Waals surface area contributed by atoms with E-state index in [-0.39, 0.29) is 11.3 Å². The van der Waals surface area contributed by atoms with E-state index >= 15 is 0 Å². The van der Waals surface area contributed by atoms with Gasteiger partial charge in [-0.05, 0) is 57.1 Å². The smallest absolute Gasteiger partial charge is 0.278 e. The maximum atomic E-state index is 13.3. The lowest BCUT2D eigenvalue weighted by Crippen LogP contribution is -2.31. The predicted octanol–water partition coefficient (Wildman–Crippen LogP) is 5.46. The van der Waals surface area contributed by atoms with Crippen molar-refractivity contribution in [3.63, 3.8) is 0 Å². The first-order valence-electron chi connectivity index (χ1n) is 9.12. The number of amides is 1. The third-order valence-electron chi connectivity index (χ3n) is 4.94. The number of fused-ring (bicyclic) bond motifs is 1. The second-order valence-corrected chi connectivity index (χ2v) is 9.22. The van der Waals surface area contributed by atoms with Crippen LogP contribution in [0.3, 0.4) is 0 Å². The molecule has 0 saturated carbocycles. The van der Waals surface area contributed by atoms with Crippen molar-refractivity contribution in [2.45, 2.75) is 32.2 Å². The van der Waals surface area contributed by atoms with Gasteiger partial charge in [-0.1, -0.05) is 20.8 Å². The number of anilines is 1. The molecule has 0 bridgehead atoms. The van der Waals surface area contributed by atoms with Crippen molar-refractivity contribution in [2.24, 2.45) is 0 Å². The first-order chi connectivity index (χ1) is 13.9. The number of carbonyl (C=O) groups is 1. The quantitative estimate of drug-likeness (QED) is 0.367. The highest BCUT2D eigenvalue weighted by molar-refractivity contribution is 14.1. The van der Waals surface area contributed by atoms with Gasteiger partial charge in [0.1, 0.15) is 23.3 Å². The average Bonchev–Trinajstić information content (AvgIpc) is 3.41. The highest BCUT2D eigenvalue weighted by Gasteiger charge is 2.46. The summed E-state index contributed by atoms with van der Waals surface area (Å²) in [4.78, 5) is 19.6.